The predicted molar refractivity (Wildman–Crippen MR) is 170 cm³/mol. The quantitative estimate of drug-likeness (QED) is 0.166. The van der Waals surface area contributed by atoms with Gasteiger partial charge in [-0.15, -0.1) is 0 Å². The molecule has 2 amide bonds. The lowest BCUT2D eigenvalue weighted by atomic mass is 10.1. The zero-order valence-corrected chi connectivity index (χ0v) is 26.1. The molecule has 3 aromatic heterocycles. The molecule has 232 valence electrons. The van der Waals surface area contributed by atoms with E-state index >= 15 is 0 Å². The van der Waals surface area contributed by atoms with E-state index in [2.05, 4.69) is 30.8 Å². The van der Waals surface area contributed by atoms with Crippen LogP contribution < -0.4 is 15.4 Å². The van der Waals surface area contributed by atoms with Crippen LogP contribution in [0.2, 0.25) is 0 Å². The molecule has 4 heterocycles. The summed E-state index contributed by atoms with van der Waals surface area (Å²) in [6, 6.07) is 12.2. The average molecular weight is 620 g/mol. The van der Waals surface area contributed by atoms with Crippen molar-refractivity contribution in [3.63, 3.8) is 0 Å². The van der Waals surface area contributed by atoms with Gasteiger partial charge in [0, 0.05) is 49.3 Å². The van der Waals surface area contributed by atoms with Crippen LogP contribution in [-0.4, -0.2) is 74.9 Å². The highest BCUT2D eigenvalue weighted by Gasteiger charge is 2.31. The smallest absolute Gasteiger partial charge is 0.256 e. The molecule has 0 bridgehead atoms. The van der Waals surface area contributed by atoms with Gasteiger partial charge < -0.3 is 24.8 Å². The number of fused-ring (bicyclic) bond motifs is 1. The minimum atomic E-state index is -3.00. The van der Waals surface area contributed by atoms with Crippen LogP contribution in [0.3, 0.4) is 0 Å². The number of anilines is 2. The summed E-state index contributed by atoms with van der Waals surface area (Å²) < 4.78 is 24.9. The summed E-state index contributed by atoms with van der Waals surface area (Å²) >= 11 is 0. The van der Waals surface area contributed by atoms with E-state index in [0.29, 0.717) is 72.0 Å². The number of nitrogens with one attached hydrogen (secondary N) is 3. The van der Waals surface area contributed by atoms with E-state index in [1.165, 1.54) is 0 Å². The molecule has 1 fully saturated rings. The molecule has 3 N–H and O–H groups in total. The first-order valence-corrected chi connectivity index (χ1v) is 16.9. The number of aryl methyl sites for hydroxylation is 1. The summed E-state index contributed by atoms with van der Waals surface area (Å²) in [5.41, 5.74) is 2.02. The fourth-order valence-corrected chi connectivity index (χ4v) is 7.44. The van der Waals surface area contributed by atoms with Crippen molar-refractivity contribution >= 4 is 41.9 Å². The molecule has 1 saturated heterocycles. The van der Waals surface area contributed by atoms with Crippen LogP contribution in [0, 0.1) is 6.92 Å². The highest BCUT2D eigenvalue weighted by molar-refractivity contribution is 7.59. The van der Waals surface area contributed by atoms with Crippen molar-refractivity contribution in [2.75, 3.05) is 42.7 Å². The highest BCUT2D eigenvalue weighted by atomic mass is 31.2. The second kappa shape index (κ2) is 14.0. The van der Waals surface area contributed by atoms with Crippen molar-refractivity contribution in [3.8, 4) is 11.5 Å². The Morgan fingerprint density at radius 3 is 2.66 bits per heavy atom. The van der Waals surface area contributed by atoms with E-state index in [1.807, 2.05) is 19.9 Å². The lowest BCUT2D eigenvalue weighted by Crippen LogP contribution is -2.46. The number of aromatic nitrogens is 4. The average Bonchev–Trinajstić information content (AvgIpc) is 3.41. The summed E-state index contributed by atoms with van der Waals surface area (Å²) in [7, 11) is -3.00. The van der Waals surface area contributed by atoms with Gasteiger partial charge in [0.15, 0.2) is 11.5 Å². The molecular formula is C31H38N7O5P. The van der Waals surface area contributed by atoms with E-state index in [9.17, 15) is 14.2 Å². The number of likely N-dealkylation sites (tertiary alicyclic amines) is 1. The molecule has 12 nitrogen and oxygen atoms in total. The van der Waals surface area contributed by atoms with Gasteiger partial charge in [-0.1, -0.05) is 6.92 Å². The van der Waals surface area contributed by atoms with Gasteiger partial charge in [0.25, 0.3) is 5.91 Å². The minimum Gasteiger partial charge on any atom is -0.456 e. The van der Waals surface area contributed by atoms with Crippen LogP contribution in [0.5, 0.6) is 11.5 Å². The van der Waals surface area contributed by atoms with Gasteiger partial charge in [-0.05, 0) is 75.1 Å². The van der Waals surface area contributed by atoms with Crippen molar-refractivity contribution in [1.82, 2.24) is 25.1 Å². The summed E-state index contributed by atoms with van der Waals surface area (Å²) in [6.45, 7) is 7.07. The summed E-state index contributed by atoms with van der Waals surface area (Å²) in [4.78, 5) is 36.1. The van der Waals surface area contributed by atoms with Crippen LogP contribution in [0.4, 0.5) is 11.6 Å². The Labute approximate surface area is 256 Å². The molecule has 1 aromatic carbocycles. The first kappa shape index (κ1) is 31.2. The second-order valence-corrected chi connectivity index (χ2v) is 13.5. The first-order valence-electron chi connectivity index (χ1n) is 14.9. The maximum Gasteiger partial charge on any atom is 0.256 e. The van der Waals surface area contributed by atoms with Crippen molar-refractivity contribution in [1.29, 1.82) is 0 Å². The van der Waals surface area contributed by atoms with Crippen molar-refractivity contribution < 1.29 is 23.4 Å². The number of piperidine rings is 1. The predicted octanol–water partition coefficient (Wildman–Crippen LogP) is 5.83. The molecule has 1 aliphatic rings. The number of pyridine rings is 2. The fraction of sp³-hybridized carbons (Fsp3) is 0.387. The Hall–Kier alpha value is -4.28. The third kappa shape index (κ3) is 7.62. The standard InChI is InChI=1S/C31H38N7O5P/c1-4-17-44(41,42-5-2)20-27(39)38-16-6-7-23(19-38)34-30-28-25(13-15-33-29(28)36-37-30)43-24-10-8-22(9-11-24)31(40)35-26-18-21(3)12-14-32-26/h8-15,18,23H,4-7,16-17,19-20H2,1-3H3,(H,32,35,40)(H2,33,34,36,37)/t23-,44?/m1/s1. The Morgan fingerprint density at radius 2 is 1.91 bits per heavy atom. The Kier molecular flexibility index (Phi) is 9.92. The van der Waals surface area contributed by atoms with E-state index in [-0.39, 0.29) is 24.0 Å². The van der Waals surface area contributed by atoms with E-state index < -0.39 is 7.37 Å². The molecule has 13 heteroatoms. The van der Waals surface area contributed by atoms with Gasteiger partial charge in [-0.3, -0.25) is 19.3 Å². The lowest BCUT2D eigenvalue weighted by Gasteiger charge is -2.34. The molecule has 44 heavy (non-hydrogen) atoms. The van der Waals surface area contributed by atoms with Crippen molar-refractivity contribution in [3.05, 3.63) is 66.0 Å². The number of rotatable bonds is 12. The molecule has 2 atom stereocenters. The van der Waals surface area contributed by atoms with Crippen molar-refractivity contribution in [2.45, 2.75) is 46.1 Å². The number of nitrogens with zero attached hydrogens (tertiary/aromatic N) is 4. The fourth-order valence-electron chi connectivity index (χ4n) is 5.29. The van der Waals surface area contributed by atoms with Gasteiger partial charge in [0.2, 0.25) is 13.3 Å². The van der Waals surface area contributed by atoms with Gasteiger partial charge in [-0.2, -0.15) is 5.10 Å². The van der Waals surface area contributed by atoms with Crippen LogP contribution >= 0.6 is 7.37 Å². The second-order valence-electron chi connectivity index (χ2n) is 10.8. The van der Waals surface area contributed by atoms with E-state index in [1.54, 1.807) is 60.6 Å². The molecule has 1 aliphatic heterocycles. The Bertz CT molecular complexity index is 1650. The number of H-pyrrole nitrogens is 1. The van der Waals surface area contributed by atoms with E-state index in [4.69, 9.17) is 9.26 Å². The summed E-state index contributed by atoms with van der Waals surface area (Å²) in [5.74, 6) is 1.71. The number of hydrogen-bond donors (Lipinski definition) is 3. The molecule has 5 rings (SSSR count). The molecular weight excluding hydrogens is 581 g/mol. The summed E-state index contributed by atoms with van der Waals surface area (Å²) in [6.07, 6.45) is 5.95. The maximum absolute atomic E-state index is 13.1. The van der Waals surface area contributed by atoms with Crippen LogP contribution in [0.15, 0.2) is 54.9 Å². The van der Waals surface area contributed by atoms with Crippen LogP contribution in [0.1, 0.15) is 49.0 Å². The number of aromatic amines is 1. The number of carbonyl (C=O) groups is 2. The molecule has 0 radical (unpaired) electrons. The number of hydrogen-bond acceptors (Lipinski definition) is 9. The van der Waals surface area contributed by atoms with Gasteiger partial charge in [0.1, 0.15) is 28.9 Å². The third-order valence-corrected chi connectivity index (χ3v) is 9.95. The first-order chi connectivity index (χ1) is 21.3. The van der Waals surface area contributed by atoms with E-state index in [0.717, 1.165) is 18.4 Å². The maximum atomic E-state index is 13.1. The van der Waals surface area contributed by atoms with Gasteiger partial charge in [-0.25, -0.2) is 9.97 Å². The molecule has 0 aliphatic carbocycles. The normalized spacial score (nSPS) is 16.3. The highest BCUT2D eigenvalue weighted by Crippen LogP contribution is 2.47. The number of benzene rings is 1. The SMILES string of the molecule is CCCP(=O)(CC(=O)N1CCC[C@@H](Nc2n[nH]c3nccc(Oc4ccc(C(=O)Nc5cc(C)ccn5)cc4)c23)C1)OCC. The zero-order chi connectivity index (χ0) is 31.1. The largest absolute Gasteiger partial charge is 0.456 e. The molecule has 4 aromatic rings. The van der Waals surface area contributed by atoms with Crippen LogP contribution in [0.25, 0.3) is 11.0 Å². The van der Waals surface area contributed by atoms with Gasteiger partial charge >= 0.3 is 0 Å². The third-order valence-electron chi connectivity index (χ3n) is 7.34. The number of amides is 2. The Balaban J connectivity index is 1.26. The zero-order valence-electron chi connectivity index (χ0n) is 25.2. The summed E-state index contributed by atoms with van der Waals surface area (Å²) in [5, 5.41) is 14.3. The number of ether oxygens (including phenoxy) is 1. The Morgan fingerprint density at radius 1 is 1.11 bits per heavy atom. The number of carbonyl (C=O) groups excluding carboxylic acids is 2. The van der Waals surface area contributed by atoms with Crippen LogP contribution in [-0.2, 0) is 13.9 Å². The molecule has 1 unspecified atom stereocenters. The van der Waals surface area contributed by atoms with Gasteiger partial charge in [0.05, 0.1) is 6.61 Å². The minimum absolute atomic E-state index is 0.0643. The van der Waals surface area contributed by atoms with Crippen molar-refractivity contribution in [2.24, 2.45) is 0 Å². The topological polar surface area (TPSA) is 151 Å². The monoisotopic (exact) mass is 619 g/mol. The molecule has 0 spiro atoms. The molecule has 0 saturated carbocycles. The lowest BCUT2D eigenvalue weighted by molar-refractivity contribution is -0.129.